The van der Waals surface area contributed by atoms with Crippen LogP contribution in [0.25, 0.3) is 0 Å². The van der Waals surface area contributed by atoms with E-state index in [-0.39, 0.29) is 17.7 Å². The van der Waals surface area contributed by atoms with Crippen LogP contribution in [0.2, 0.25) is 0 Å². The molecular formula is C16H22N2O2. The van der Waals surface area contributed by atoms with Crippen molar-refractivity contribution in [1.82, 2.24) is 5.32 Å². The largest absolute Gasteiger partial charge is 0.356 e. The summed E-state index contributed by atoms with van der Waals surface area (Å²) in [4.78, 5) is 25.8. The zero-order chi connectivity index (χ0) is 14.5. The molecule has 1 heterocycles. The Morgan fingerprint density at radius 2 is 2.25 bits per heavy atom. The normalized spacial score (nSPS) is 18.4. The maximum Gasteiger partial charge on any atom is 0.227 e. The van der Waals surface area contributed by atoms with Crippen molar-refractivity contribution in [2.45, 2.75) is 33.1 Å². The summed E-state index contributed by atoms with van der Waals surface area (Å²) in [6, 6.07) is 7.84. The third-order valence-corrected chi connectivity index (χ3v) is 3.64. The predicted molar refractivity (Wildman–Crippen MR) is 79.6 cm³/mol. The Morgan fingerprint density at radius 3 is 2.95 bits per heavy atom. The van der Waals surface area contributed by atoms with Crippen LogP contribution in [0.3, 0.4) is 0 Å². The Kier molecular flexibility index (Phi) is 4.77. The van der Waals surface area contributed by atoms with E-state index < -0.39 is 0 Å². The number of nitrogens with one attached hydrogen (secondary N) is 1. The Morgan fingerprint density at radius 1 is 1.45 bits per heavy atom. The van der Waals surface area contributed by atoms with Crippen LogP contribution in [-0.2, 0) is 9.59 Å². The van der Waals surface area contributed by atoms with Crippen LogP contribution in [0.15, 0.2) is 24.3 Å². The van der Waals surface area contributed by atoms with Crippen molar-refractivity contribution >= 4 is 17.5 Å². The van der Waals surface area contributed by atoms with Crippen molar-refractivity contribution in [2.75, 3.05) is 18.0 Å². The Balaban J connectivity index is 1.98. The molecule has 1 N–H and O–H groups in total. The number of anilines is 1. The summed E-state index contributed by atoms with van der Waals surface area (Å²) in [5.74, 6) is -0.187. The minimum atomic E-state index is -0.222. The van der Waals surface area contributed by atoms with Crippen LogP contribution < -0.4 is 10.2 Å². The molecule has 2 rings (SSSR count). The van der Waals surface area contributed by atoms with Gasteiger partial charge in [-0.15, -0.1) is 0 Å². The number of unbranched alkanes of at least 4 members (excludes halogenated alkanes) is 1. The zero-order valence-electron chi connectivity index (χ0n) is 12.2. The zero-order valence-corrected chi connectivity index (χ0v) is 12.2. The molecule has 0 unspecified atom stereocenters. The lowest BCUT2D eigenvalue weighted by atomic mass is 10.1. The number of nitrogens with zero attached hydrogens (tertiary/aromatic N) is 1. The second kappa shape index (κ2) is 6.55. The maximum atomic E-state index is 12.1. The molecule has 0 bridgehead atoms. The predicted octanol–water partition coefficient (Wildman–Crippen LogP) is 2.26. The fourth-order valence-corrected chi connectivity index (χ4v) is 2.46. The molecule has 0 aromatic heterocycles. The highest BCUT2D eigenvalue weighted by molar-refractivity contribution is 6.00. The van der Waals surface area contributed by atoms with E-state index in [1.54, 1.807) is 4.90 Å². The van der Waals surface area contributed by atoms with Gasteiger partial charge < -0.3 is 10.2 Å². The third-order valence-electron chi connectivity index (χ3n) is 3.64. The van der Waals surface area contributed by atoms with Crippen molar-refractivity contribution in [3.63, 3.8) is 0 Å². The smallest absolute Gasteiger partial charge is 0.227 e. The van der Waals surface area contributed by atoms with Gasteiger partial charge in [0.2, 0.25) is 11.8 Å². The van der Waals surface area contributed by atoms with Gasteiger partial charge in [-0.05, 0) is 31.0 Å². The summed E-state index contributed by atoms with van der Waals surface area (Å²) in [5, 5.41) is 2.91. The maximum absolute atomic E-state index is 12.1. The molecule has 1 aliphatic rings. The molecule has 108 valence electrons. The first-order chi connectivity index (χ1) is 9.61. The van der Waals surface area contributed by atoms with Gasteiger partial charge in [-0.1, -0.05) is 25.5 Å². The van der Waals surface area contributed by atoms with E-state index >= 15 is 0 Å². The van der Waals surface area contributed by atoms with Crippen molar-refractivity contribution in [3.8, 4) is 0 Å². The lowest BCUT2D eigenvalue weighted by Gasteiger charge is -2.17. The van der Waals surface area contributed by atoms with Crippen molar-refractivity contribution < 1.29 is 9.59 Å². The van der Waals surface area contributed by atoms with Gasteiger partial charge in [-0.2, -0.15) is 0 Å². The Hall–Kier alpha value is -1.84. The Labute approximate surface area is 120 Å². The summed E-state index contributed by atoms with van der Waals surface area (Å²) in [6.45, 7) is 5.27. The molecule has 1 atom stereocenters. The SMILES string of the molecule is CCCCNC(=O)[C@H]1CC(=O)N(c2cccc(C)c2)C1. The molecule has 1 aliphatic heterocycles. The van der Waals surface area contributed by atoms with Gasteiger partial charge in [-0.3, -0.25) is 9.59 Å². The molecule has 0 saturated carbocycles. The summed E-state index contributed by atoms with van der Waals surface area (Å²) in [7, 11) is 0. The summed E-state index contributed by atoms with van der Waals surface area (Å²) in [5.41, 5.74) is 2.00. The van der Waals surface area contributed by atoms with Gasteiger partial charge in [0.1, 0.15) is 0 Å². The first-order valence-electron chi connectivity index (χ1n) is 7.26. The van der Waals surface area contributed by atoms with Gasteiger partial charge in [0.25, 0.3) is 0 Å². The van der Waals surface area contributed by atoms with Crippen LogP contribution in [-0.4, -0.2) is 24.9 Å². The van der Waals surface area contributed by atoms with E-state index in [2.05, 4.69) is 12.2 Å². The topological polar surface area (TPSA) is 49.4 Å². The van der Waals surface area contributed by atoms with E-state index in [9.17, 15) is 9.59 Å². The number of amides is 2. The number of hydrogen-bond acceptors (Lipinski definition) is 2. The van der Waals surface area contributed by atoms with Crippen LogP contribution in [0.5, 0.6) is 0 Å². The van der Waals surface area contributed by atoms with Crippen LogP contribution in [0.4, 0.5) is 5.69 Å². The molecule has 1 aromatic carbocycles. The average molecular weight is 274 g/mol. The second-order valence-corrected chi connectivity index (χ2v) is 5.39. The lowest BCUT2D eigenvalue weighted by Crippen LogP contribution is -2.33. The van der Waals surface area contributed by atoms with Crippen LogP contribution in [0, 0.1) is 12.8 Å². The quantitative estimate of drug-likeness (QED) is 0.837. The number of benzene rings is 1. The molecule has 1 saturated heterocycles. The highest BCUT2D eigenvalue weighted by Crippen LogP contribution is 2.25. The molecule has 20 heavy (non-hydrogen) atoms. The molecular weight excluding hydrogens is 252 g/mol. The highest BCUT2D eigenvalue weighted by Gasteiger charge is 2.34. The Bertz CT molecular complexity index is 499. The van der Waals surface area contributed by atoms with Crippen molar-refractivity contribution in [1.29, 1.82) is 0 Å². The van der Waals surface area contributed by atoms with Crippen molar-refractivity contribution in [3.05, 3.63) is 29.8 Å². The van der Waals surface area contributed by atoms with Crippen LogP contribution >= 0.6 is 0 Å². The molecule has 0 aliphatic carbocycles. The number of carbonyl (C=O) groups excluding carboxylic acids is 2. The molecule has 0 radical (unpaired) electrons. The number of rotatable bonds is 5. The van der Waals surface area contributed by atoms with Gasteiger partial charge in [0, 0.05) is 25.2 Å². The minimum absolute atomic E-state index is 0.00181. The van der Waals surface area contributed by atoms with E-state index in [0.717, 1.165) is 24.1 Å². The second-order valence-electron chi connectivity index (χ2n) is 5.39. The van der Waals surface area contributed by atoms with E-state index in [4.69, 9.17) is 0 Å². The summed E-state index contributed by atoms with van der Waals surface area (Å²) < 4.78 is 0. The minimum Gasteiger partial charge on any atom is -0.356 e. The van der Waals surface area contributed by atoms with Gasteiger partial charge in [0.05, 0.1) is 5.92 Å². The van der Waals surface area contributed by atoms with Gasteiger partial charge >= 0.3 is 0 Å². The van der Waals surface area contributed by atoms with E-state index in [1.807, 2.05) is 31.2 Å². The number of carbonyl (C=O) groups is 2. The summed E-state index contributed by atoms with van der Waals surface area (Å²) in [6.07, 6.45) is 2.35. The summed E-state index contributed by atoms with van der Waals surface area (Å²) >= 11 is 0. The third kappa shape index (κ3) is 3.38. The number of aryl methyl sites for hydroxylation is 1. The molecule has 2 amide bonds. The molecule has 1 aromatic rings. The lowest BCUT2D eigenvalue weighted by molar-refractivity contribution is -0.126. The van der Waals surface area contributed by atoms with Gasteiger partial charge in [-0.25, -0.2) is 0 Å². The first kappa shape index (κ1) is 14.6. The molecule has 1 fully saturated rings. The van der Waals surface area contributed by atoms with Crippen LogP contribution in [0.1, 0.15) is 31.7 Å². The standard InChI is InChI=1S/C16H22N2O2/c1-3-4-8-17-16(20)13-10-15(19)18(11-13)14-7-5-6-12(2)9-14/h5-7,9,13H,3-4,8,10-11H2,1-2H3,(H,17,20)/t13-/m0/s1. The fraction of sp³-hybridized carbons (Fsp3) is 0.500. The van der Waals surface area contributed by atoms with Gasteiger partial charge in [0.15, 0.2) is 0 Å². The average Bonchev–Trinajstić information content (AvgIpc) is 2.81. The molecule has 4 heteroatoms. The monoisotopic (exact) mass is 274 g/mol. The highest BCUT2D eigenvalue weighted by atomic mass is 16.2. The van der Waals surface area contributed by atoms with Crippen molar-refractivity contribution in [2.24, 2.45) is 5.92 Å². The van der Waals surface area contributed by atoms with E-state index in [1.165, 1.54) is 0 Å². The molecule has 0 spiro atoms. The van der Waals surface area contributed by atoms with E-state index in [0.29, 0.717) is 19.5 Å². The molecule has 4 nitrogen and oxygen atoms in total. The fourth-order valence-electron chi connectivity index (χ4n) is 2.46. The number of hydrogen-bond donors (Lipinski definition) is 1. The first-order valence-corrected chi connectivity index (χ1v) is 7.26.